The summed E-state index contributed by atoms with van der Waals surface area (Å²) in [4.78, 5) is 14.4. The van der Waals surface area contributed by atoms with Crippen molar-refractivity contribution in [3.8, 4) is 5.88 Å². The number of aliphatic hydroxyl groups is 2. The zero-order valence-electron chi connectivity index (χ0n) is 11.7. The highest BCUT2D eigenvalue weighted by Gasteiger charge is 2.28. The maximum Gasteiger partial charge on any atom is 0.422 e. The molecule has 1 heterocycles. The Hall–Kier alpha value is -1.32. The summed E-state index contributed by atoms with van der Waals surface area (Å²) in [6, 6.07) is 2.51. The second-order valence-corrected chi connectivity index (χ2v) is 5.75. The molecule has 22 heavy (non-hydrogen) atoms. The predicted octanol–water partition coefficient (Wildman–Crippen LogP) is 2.09. The second kappa shape index (κ2) is 8.35. The topological polar surface area (TPSA) is 79.7 Å². The van der Waals surface area contributed by atoms with E-state index < -0.39 is 25.0 Å². The Kier molecular flexibility index (Phi) is 7.11. The van der Waals surface area contributed by atoms with Gasteiger partial charge in [0.2, 0.25) is 5.88 Å². The van der Waals surface area contributed by atoms with Crippen molar-refractivity contribution in [2.24, 2.45) is 0 Å². The van der Waals surface area contributed by atoms with E-state index in [1.165, 1.54) is 19.1 Å². The third-order valence-electron chi connectivity index (χ3n) is 2.57. The van der Waals surface area contributed by atoms with Gasteiger partial charge in [-0.15, -0.1) is 0 Å². The number of hydrogen-bond acceptors (Lipinski definition) is 6. The third kappa shape index (κ3) is 7.10. The number of ether oxygens (including phenoxy) is 1. The molecule has 0 aromatic carbocycles. The van der Waals surface area contributed by atoms with E-state index in [1.54, 1.807) is 0 Å². The van der Waals surface area contributed by atoms with Crippen LogP contribution in [0.15, 0.2) is 18.3 Å². The van der Waals surface area contributed by atoms with Gasteiger partial charge in [0.05, 0.1) is 6.10 Å². The molecule has 0 radical (unpaired) electrons. The number of halogens is 3. The Morgan fingerprint density at radius 1 is 1.41 bits per heavy atom. The SMILES string of the molecule is CC(=O)SCCC(O)C(O)c1ccc(OCC(F)(F)F)nc1. The van der Waals surface area contributed by atoms with E-state index in [0.29, 0.717) is 5.75 Å². The molecule has 0 bridgehead atoms. The Morgan fingerprint density at radius 3 is 2.59 bits per heavy atom. The number of aromatic nitrogens is 1. The van der Waals surface area contributed by atoms with Crippen LogP contribution in [0.1, 0.15) is 25.0 Å². The van der Waals surface area contributed by atoms with Crippen LogP contribution in [0.25, 0.3) is 0 Å². The lowest BCUT2D eigenvalue weighted by Crippen LogP contribution is -2.20. The number of carbonyl (C=O) groups excluding carboxylic acids is 1. The lowest BCUT2D eigenvalue weighted by Gasteiger charge is -2.17. The molecule has 0 spiro atoms. The average Bonchev–Trinajstić information content (AvgIpc) is 2.43. The lowest BCUT2D eigenvalue weighted by atomic mass is 10.0. The number of pyridine rings is 1. The average molecular weight is 339 g/mol. The molecule has 2 unspecified atom stereocenters. The van der Waals surface area contributed by atoms with Gasteiger partial charge in [0.1, 0.15) is 6.10 Å². The zero-order chi connectivity index (χ0) is 16.8. The number of alkyl halides is 3. The smallest absolute Gasteiger partial charge is 0.422 e. The minimum atomic E-state index is -4.45. The molecule has 0 aliphatic rings. The van der Waals surface area contributed by atoms with Crippen LogP contribution in [-0.4, -0.2) is 45.0 Å². The lowest BCUT2D eigenvalue weighted by molar-refractivity contribution is -0.154. The zero-order valence-corrected chi connectivity index (χ0v) is 12.5. The normalized spacial score (nSPS) is 14.5. The van der Waals surface area contributed by atoms with Gasteiger partial charge < -0.3 is 14.9 Å². The fourth-order valence-corrected chi connectivity index (χ4v) is 2.16. The highest BCUT2D eigenvalue weighted by atomic mass is 32.2. The molecule has 1 rings (SSSR count). The van der Waals surface area contributed by atoms with Crippen LogP contribution in [0.4, 0.5) is 13.2 Å². The van der Waals surface area contributed by atoms with E-state index in [-0.39, 0.29) is 23.0 Å². The molecule has 5 nitrogen and oxygen atoms in total. The summed E-state index contributed by atoms with van der Waals surface area (Å²) in [7, 11) is 0. The van der Waals surface area contributed by atoms with Crippen molar-refractivity contribution >= 4 is 16.9 Å². The molecule has 9 heteroatoms. The minimum absolute atomic E-state index is 0.0884. The van der Waals surface area contributed by atoms with Crippen LogP contribution >= 0.6 is 11.8 Å². The standard InChI is InChI=1S/C13H16F3NO4S/c1-8(18)22-5-4-10(19)12(20)9-2-3-11(17-6-9)21-7-13(14,15)16/h2-3,6,10,12,19-20H,4-5,7H2,1H3. The number of carbonyl (C=O) groups is 1. The fraction of sp³-hybridized carbons (Fsp3) is 0.538. The van der Waals surface area contributed by atoms with Gasteiger partial charge in [0.25, 0.3) is 0 Å². The van der Waals surface area contributed by atoms with E-state index in [0.717, 1.165) is 18.0 Å². The first-order chi connectivity index (χ1) is 10.2. The van der Waals surface area contributed by atoms with Crippen molar-refractivity contribution < 1.29 is 32.9 Å². The molecule has 2 atom stereocenters. The molecule has 0 fully saturated rings. The van der Waals surface area contributed by atoms with Crippen molar-refractivity contribution in [2.45, 2.75) is 31.7 Å². The Labute approximate surface area is 129 Å². The number of aliphatic hydroxyl groups excluding tert-OH is 2. The van der Waals surface area contributed by atoms with Crippen LogP contribution < -0.4 is 4.74 Å². The van der Waals surface area contributed by atoms with Gasteiger partial charge in [-0.3, -0.25) is 4.79 Å². The molecule has 2 N–H and O–H groups in total. The van der Waals surface area contributed by atoms with E-state index in [1.807, 2.05) is 0 Å². The first-order valence-electron chi connectivity index (χ1n) is 6.34. The van der Waals surface area contributed by atoms with Crippen LogP contribution in [0.2, 0.25) is 0 Å². The molecule has 1 aromatic heterocycles. The number of nitrogens with zero attached hydrogens (tertiary/aromatic N) is 1. The van der Waals surface area contributed by atoms with Crippen molar-refractivity contribution in [1.29, 1.82) is 0 Å². The highest BCUT2D eigenvalue weighted by molar-refractivity contribution is 8.13. The first-order valence-corrected chi connectivity index (χ1v) is 7.32. The molecular weight excluding hydrogens is 323 g/mol. The summed E-state index contributed by atoms with van der Waals surface area (Å²) >= 11 is 1.03. The second-order valence-electron chi connectivity index (χ2n) is 4.47. The van der Waals surface area contributed by atoms with Crippen molar-refractivity contribution in [2.75, 3.05) is 12.4 Å². The molecule has 0 amide bonds. The maximum atomic E-state index is 12.0. The fourth-order valence-electron chi connectivity index (χ4n) is 1.51. The van der Waals surface area contributed by atoms with Gasteiger partial charge in [-0.25, -0.2) is 4.98 Å². The summed E-state index contributed by atoms with van der Waals surface area (Å²) < 4.78 is 40.4. The quantitative estimate of drug-likeness (QED) is 0.792. The van der Waals surface area contributed by atoms with Crippen molar-refractivity contribution in [1.82, 2.24) is 4.98 Å². The van der Waals surface area contributed by atoms with E-state index >= 15 is 0 Å². The maximum absolute atomic E-state index is 12.0. The molecule has 0 saturated heterocycles. The van der Waals surface area contributed by atoms with Crippen molar-refractivity contribution in [3.05, 3.63) is 23.9 Å². The van der Waals surface area contributed by atoms with Gasteiger partial charge >= 0.3 is 6.18 Å². The number of rotatable bonds is 7. The summed E-state index contributed by atoms with van der Waals surface area (Å²) in [6.07, 6.45) is -5.47. The summed E-state index contributed by atoms with van der Waals surface area (Å²) in [5, 5.41) is 19.6. The van der Waals surface area contributed by atoms with E-state index in [4.69, 9.17) is 0 Å². The first kappa shape index (κ1) is 18.7. The van der Waals surface area contributed by atoms with Crippen LogP contribution in [0.5, 0.6) is 5.88 Å². The molecule has 0 saturated carbocycles. The van der Waals surface area contributed by atoms with Gasteiger partial charge in [0, 0.05) is 30.5 Å². The molecular formula is C13H16F3NO4S. The Bertz CT molecular complexity index is 481. The number of thioether (sulfide) groups is 1. The van der Waals surface area contributed by atoms with Crippen molar-refractivity contribution in [3.63, 3.8) is 0 Å². The van der Waals surface area contributed by atoms with Gasteiger partial charge in [-0.2, -0.15) is 13.2 Å². The van der Waals surface area contributed by atoms with Crippen LogP contribution in [-0.2, 0) is 4.79 Å². The van der Waals surface area contributed by atoms with E-state index in [9.17, 15) is 28.2 Å². The van der Waals surface area contributed by atoms with Gasteiger partial charge in [-0.05, 0) is 12.5 Å². The Balaban J connectivity index is 2.52. The Morgan fingerprint density at radius 2 is 2.09 bits per heavy atom. The van der Waals surface area contributed by atoms with Gasteiger partial charge in [-0.1, -0.05) is 11.8 Å². The molecule has 124 valence electrons. The largest absolute Gasteiger partial charge is 0.468 e. The third-order valence-corrected chi connectivity index (χ3v) is 3.41. The molecule has 1 aromatic rings. The number of hydrogen-bond donors (Lipinski definition) is 2. The summed E-state index contributed by atoms with van der Waals surface area (Å²) in [5.74, 6) is 0.128. The van der Waals surface area contributed by atoms with Crippen LogP contribution in [0.3, 0.4) is 0 Å². The van der Waals surface area contributed by atoms with Crippen LogP contribution in [0, 0.1) is 0 Å². The summed E-state index contributed by atoms with van der Waals surface area (Å²) in [5.41, 5.74) is 0.250. The molecule has 0 aliphatic carbocycles. The monoisotopic (exact) mass is 339 g/mol. The van der Waals surface area contributed by atoms with E-state index in [2.05, 4.69) is 9.72 Å². The predicted molar refractivity (Wildman–Crippen MR) is 74.5 cm³/mol. The minimum Gasteiger partial charge on any atom is -0.468 e. The molecule has 0 aliphatic heterocycles. The highest BCUT2D eigenvalue weighted by Crippen LogP contribution is 2.22. The summed E-state index contributed by atoms with van der Waals surface area (Å²) in [6.45, 7) is -0.0517. The van der Waals surface area contributed by atoms with Gasteiger partial charge in [0.15, 0.2) is 11.7 Å².